The van der Waals surface area contributed by atoms with Gasteiger partial charge in [-0.1, -0.05) is 13.8 Å². The van der Waals surface area contributed by atoms with Crippen LogP contribution in [-0.2, 0) is 4.74 Å². The van der Waals surface area contributed by atoms with Crippen LogP contribution in [0, 0.1) is 5.41 Å². The summed E-state index contributed by atoms with van der Waals surface area (Å²) in [5.74, 6) is 0. The van der Waals surface area contributed by atoms with Crippen molar-refractivity contribution in [2.75, 3.05) is 26.3 Å². The molecular weight excluding hydrogens is 246 g/mol. The second-order valence-electron chi connectivity index (χ2n) is 5.78. The second-order valence-corrected chi connectivity index (χ2v) is 5.78. The van der Waals surface area contributed by atoms with Gasteiger partial charge in [0.25, 0.3) is 0 Å². The van der Waals surface area contributed by atoms with Crippen molar-refractivity contribution < 1.29 is 19.7 Å². The summed E-state index contributed by atoms with van der Waals surface area (Å²) in [6.45, 7) is 10.5. The maximum atomic E-state index is 11.8. The van der Waals surface area contributed by atoms with Crippen molar-refractivity contribution in [2.45, 2.75) is 53.1 Å². The van der Waals surface area contributed by atoms with Gasteiger partial charge >= 0.3 is 6.09 Å². The highest BCUT2D eigenvalue weighted by molar-refractivity contribution is 5.68. The van der Waals surface area contributed by atoms with E-state index in [9.17, 15) is 15.0 Å². The molecule has 0 bridgehead atoms. The van der Waals surface area contributed by atoms with Crippen LogP contribution in [0.25, 0.3) is 0 Å². The van der Waals surface area contributed by atoms with E-state index in [1.807, 2.05) is 34.6 Å². The van der Waals surface area contributed by atoms with Crippen LogP contribution in [0.5, 0.6) is 0 Å². The predicted octanol–water partition coefficient (Wildman–Crippen LogP) is 2.01. The number of rotatable bonds is 2. The molecule has 0 aliphatic carbocycles. The first kappa shape index (κ1) is 18.2. The van der Waals surface area contributed by atoms with E-state index in [0.29, 0.717) is 25.9 Å². The Balaban J connectivity index is 0.00000154. The van der Waals surface area contributed by atoms with Crippen LogP contribution in [0.2, 0.25) is 0 Å². The van der Waals surface area contributed by atoms with Crippen molar-refractivity contribution in [3.8, 4) is 0 Å². The fraction of sp³-hybridized carbons (Fsp3) is 0.929. The van der Waals surface area contributed by atoms with E-state index >= 15 is 0 Å². The van der Waals surface area contributed by atoms with Crippen LogP contribution < -0.4 is 0 Å². The Labute approximate surface area is 116 Å². The first-order valence-corrected chi connectivity index (χ1v) is 7.02. The number of ether oxygens (including phenoxy) is 1. The van der Waals surface area contributed by atoms with E-state index in [4.69, 9.17) is 4.74 Å². The van der Waals surface area contributed by atoms with Gasteiger partial charge in [-0.15, -0.1) is 0 Å². The normalized spacial score (nSPS) is 18.4. The van der Waals surface area contributed by atoms with Gasteiger partial charge in [0.15, 0.2) is 0 Å². The second kappa shape index (κ2) is 7.70. The highest BCUT2D eigenvalue weighted by Crippen LogP contribution is 2.30. The minimum atomic E-state index is -0.487. The zero-order valence-corrected chi connectivity index (χ0v) is 12.9. The van der Waals surface area contributed by atoms with Crippen molar-refractivity contribution in [2.24, 2.45) is 5.41 Å². The van der Waals surface area contributed by atoms with Gasteiger partial charge in [-0.3, -0.25) is 0 Å². The maximum Gasteiger partial charge on any atom is 0.410 e. The number of nitrogens with zero attached hydrogens (tertiary/aromatic N) is 1. The molecule has 0 radical (unpaired) electrons. The molecule has 1 aliphatic heterocycles. The Kier molecular flexibility index (Phi) is 7.37. The number of carbonyl (C=O) groups is 1. The molecule has 0 aromatic heterocycles. The highest BCUT2D eigenvalue weighted by atomic mass is 16.6. The molecule has 5 heteroatoms. The van der Waals surface area contributed by atoms with Crippen LogP contribution >= 0.6 is 0 Å². The summed E-state index contributed by atoms with van der Waals surface area (Å²) in [6.07, 6.45) is 0.903. The lowest BCUT2D eigenvalue weighted by Crippen LogP contribution is -2.47. The Morgan fingerprint density at radius 1 is 1.16 bits per heavy atom. The maximum absolute atomic E-state index is 11.8. The zero-order chi connectivity index (χ0) is 15.1. The first-order chi connectivity index (χ1) is 8.82. The van der Waals surface area contributed by atoms with Gasteiger partial charge in [-0.05, 0) is 33.6 Å². The topological polar surface area (TPSA) is 70.0 Å². The number of carbonyl (C=O) groups excluding carboxylic acids is 1. The Bertz CT molecular complexity index is 259. The van der Waals surface area contributed by atoms with Crippen molar-refractivity contribution in [3.63, 3.8) is 0 Å². The van der Waals surface area contributed by atoms with Crippen LogP contribution in [0.1, 0.15) is 47.5 Å². The predicted molar refractivity (Wildman–Crippen MR) is 75.0 cm³/mol. The molecule has 2 N–H and O–H groups in total. The monoisotopic (exact) mass is 275 g/mol. The SMILES string of the molecule is CC.CC(C)(C)OC(=O)N1CCC(CO)(CO)CC1. The largest absolute Gasteiger partial charge is 0.444 e. The molecule has 0 spiro atoms. The summed E-state index contributed by atoms with van der Waals surface area (Å²) >= 11 is 0. The molecule has 0 aromatic rings. The molecule has 0 unspecified atom stereocenters. The minimum absolute atomic E-state index is 0.0361. The lowest BCUT2D eigenvalue weighted by atomic mass is 9.80. The summed E-state index contributed by atoms with van der Waals surface area (Å²) in [7, 11) is 0. The summed E-state index contributed by atoms with van der Waals surface area (Å²) in [5, 5.41) is 18.5. The van der Waals surface area contributed by atoms with E-state index in [-0.39, 0.29) is 19.3 Å². The van der Waals surface area contributed by atoms with Crippen LogP contribution in [0.15, 0.2) is 0 Å². The number of hydrogen-bond donors (Lipinski definition) is 2. The van der Waals surface area contributed by atoms with Gasteiger partial charge in [0.2, 0.25) is 0 Å². The fourth-order valence-electron chi connectivity index (χ4n) is 1.86. The number of likely N-dealkylation sites (tertiary alicyclic amines) is 1. The standard InChI is InChI=1S/C12H23NO4.C2H6/c1-11(2,3)17-10(16)13-6-4-12(8-14,9-15)5-7-13;1-2/h14-15H,4-9H2,1-3H3;1-2H3. The molecule has 114 valence electrons. The first-order valence-electron chi connectivity index (χ1n) is 7.02. The van der Waals surface area contributed by atoms with E-state index in [1.165, 1.54) is 0 Å². The lowest BCUT2D eigenvalue weighted by Gasteiger charge is -2.39. The van der Waals surface area contributed by atoms with Gasteiger partial charge in [0, 0.05) is 18.5 Å². The average Bonchev–Trinajstić information content (AvgIpc) is 2.39. The number of hydrogen-bond acceptors (Lipinski definition) is 4. The van der Waals surface area contributed by atoms with Crippen molar-refractivity contribution in [3.05, 3.63) is 0 Å². The lowest BCUT2D eigenvalue weighted by molar-refractivity contribution is -0.0190. The van der Waals surface area contributed by atoms with E-state index < -0.39 is 11.0 Å². The molecule has 1 heterocycles. The third-order valence-corrected chi connectivity index (χ3v) is 3.15. The molecule has 5 nitrogen and oxygen atoms in total. The number of piperidine rings is 1. The van der Waals surface area contributed by atoms with Crippen LogP contribution in [0.3, 0.4) is 0 Å². The smallest absolute Gasteiger partial charge is 0.410 e. The minimum Gasteiger partial charge on any atom is -0.444 e. The van der Waals surface area contributed by atoms with Gasteiger partial charge in [0.1, 0.15) is 5.60 Å². The van der Waals surface area contributed by atoms with Gasteiger partial charge in [-0.2, -0.15) is 0 Å². The third kappa shape index (κ3) is 5.78. The highest BCUT2D eigenvalue weighted by Gasteiger charge is 2.36. The van der Waals surface area contributed by atoms with E-state index in [0.717, 1.165) is 0 Å². The van der Waals surface area contributed by atoms with Crippen molar-refractivity contribution >= 4 is 6.09 Å². The van der Waals surface area contributed by atoms with Crippen molar-refractivity contribution in [1.82, 2.24) is 4.90 Å². The third-order valence-electron chi connectivity index (χ3n) is 3.15. The summed E-state index contributed by atoms with van der Waals surface area (Å²) in [5.41, 5.74) is -0.919. The van der Waals surface area contributed by atoms with Gasteiger partial charge in [0.05, 0.1) is 13.2 Å². The average molecular weight is 275 g/mol. The number of amides is 1. The quantitative estimate of drug-likeness (QED) is 0.809. The molecule has 1 aliphatic rings. The van der Waals surface area contributed by atoms with Crippen molar-refractivity contribution in [1.29, 1.82) is 0 Å². The molecule has 1 saturated heterocycles. The zero-order valence-electron chi connectivity index (χ0n) is 12.9. The number of aliphatic hydroxyl groups is 2. The molecular formula is C14H29NO4. The molecule has 0 atom stereocenters. The molecule has 1 rings (SSSR count). The summed E-state index contributed by atoms with van der Waals surface area (Å²) in [4.78, 5) is 13.4. The van der Waals surface area contributed by atoms with Gasteiger partial charge in [-0.25, -0.2) is 4.79 Å². The Hall–Kier alpha value is -0.810. The van der Waals surface area contributed by atoms with E-state index in [1.54, 1.807) is 4.90 Å². The molecule has 0 aromatic carbocycles. The Morgan fingerprint density at radius 3 is 1.89 bits per heavy atom. The van der Waals surface area contributed by atoms with Crippen LogP contribution in [0.4, 0.5) is 4.79 Å². The van der Waals surface area contributed by atoms with E-state index in [2.05, 4.69) is 0 Å². The number of aliphatic hydroxyl groups excluding tert-OH is 2. The molecule has 0 saturated carbocycles. The Morgan fingerprint density at radius 2 is 1.58 bits per heavy atom. The summed E-state index contributed by atoms with van der Waals surface area (Å²) in [6, 6.07) is 0. The molecule has 1 amide bonds. The summed E-state index contributed by atoms with van der Waals surface area (Å²) < 4.78 is 5.27. The molecule has 1 fully saturated rings. The molecule has 19 heavy (non-hydrogen) atoms. The van der Waals surface area contributed by atoms with Crippen LogP contribution in [-0.4, -0.2) is 53.1 Å². The fourth-order valence-corrected chi connectivity index (χ4v) is 1.86. The van der Waals surface area contributed by atoms with Gasteiger partial charge < -0.3 is 19.8 Å².